The van der Waals surface area contributed by atoms with Crippen LogP contribution in [-0.4, -0.2) is 22.2 Å². The molecule has 0 radical (unpaired) electrons. The van der Waals surface area contributed by atoms with Crippen molar-refractivity contribution < 1.29 is 9.53 Å². The summed E-state index contributed by atoms with van der Waals surface area (Å²) in [7, 11) is 1.66. The molecule has 154 valence electrons. The van der Waals surface area contributed by atoms with Gasteiger partial charge in [0.2, 0.25) is 5.91 Å². The molecule has 2 aliphatic heterocycles. The summed E-state index contributed by atoms with van der Waals surface area (Å²) in [5.74, 6) is 0.759. The van der Waals surface area contributed by atoms with Crippen LogP contribution in [0.25, 0.3) is 5.70 Å². The van der Waals surface area contributed by atoms with Gasteiger partial charge in [0.15, 0.2) is 0 Å². The Hall–Kier alpha value is -3.09. The number of thiocarbonyl (C=S) groups is 1. The Morgan fingerprint density at radius 3 is 2.45 bits per heavy atom. The van der Waals surface area contributed by atoms with Gasteiger partial charge in [-0.15, -0.1) is 0 Å². The van der Waals surface area contributed by atoms with Crippen molar-refractivity contribution in [2.75, 3.05) is 12.4 Å². The number of carbonyl (C=O) groups excluding carboxylic acids is 1. The van der Waals surface area contributed by atoms with Gasteiger partial charge in [0, 0.05) is 23.5 Å². The Morgan fingerprint density at radius 2 is 1.71 bits per heavy atom. The van der Waals surface area contributed by atoms with Gasteiger partial charge in [0.1, 0.15) is 14.8 Å². The maximum atomic E-state index is 13.2. The molecule has 4 nitrogen and oxygen atoms in total. The van der Waals surface area contributed by atoms with Crippen LogP contribution in [0.1, 0.15) is 16.7 Å². The first kappa shape index (κ1) is 19.8. The average Bonchev–Trinajstić information content (AvgIpc) is 3.07. The first-order valence-corrected chi connectivity index (χ1v) is 11.2. The largest absolute Gasteiger partial charge is 0.497 e. The number of ether oxygens (including phenoxy) is 1. The second kappa shape index (κ2) is 7.87. The molecule has 1 atom stereocenters. The first-order valence-electron chi connectivity index (χ1n) is 9.93. The highest BCUT2D eigenvalue weighted by molar-refractivity contribution is 8.24. The normalized spacial score (nSPS) is 19.8. The number of rotatable bonds is 4. The number of hydrogen-bond donors (Lipinski definition) is 1. The minimum atomic E-state index is -0.866. The van der Waals surface area contributed by atoms with Crippen molar-refractivity contribution in [1.29, 1.82) is 0 Å². The van der Waals surface area contributed by atoms with Crippen LogP contribution in [0, 0.1) is 0 Å². The van der Waals surface area contributed by atoms with Gasteiger partial charge in [-0.2, -0.15) is 0 Å². The summed E-state index contributed by atoms with van der Waals surface area (Å²) in [6.07, 6.45) is 2.06. The molecule has 6 heteroatoms. The van der Waals surface area contributed by atoms with E-state index < -0.39 is 4.75 Å². The molecule has 3 aromatic carbocycles. The topological polar surface area (TPSA) is 41.6 Å². The molecule has 0 saturated heterocycles. The Morgan fingerprint density at radius 1 is 1.00 bits per heavy atom. The van der Waals surface area contributed by atoms with Crippen LogP contribution in [-0.2, 0) is 16.1 Å². The van der Waals surface area contributed by atoms with E-state index in [0.29, 0.717) is 10.9 Å². The van der Waals surface area contributed by atoms with E-state index in [9.17, 15) is 4.79 Å². The van der Waals surface area contributed by atoms with Crippen LogP contribution in [0.3, 0.4) is 0 Å². The molecule has 0 saturated carbocycles. The molecule has 0 aliphatic carbocycles. The molecule has 2 heterocycles. The summed E-state index contributed by atoms with van der Waals surface area (Å²) in [6.45, 7) is 0.607. The fourth-order valence-corrected chi connectivity index (χ4v) is 5.71. The van der Waals surface area contributed by atoms with Gasteiger partial charge in [-0.05, 0) is 35.4 Å². The summed E-state index contributed by atoms with van der Waals surface area (Å²) in [5, 5.41) is 3.03. The molecule has 2 aliphatic rings. The molecule has 0 bridgehead atoms. The minimum absolute atomic E-state index is 0.0569. The molecular formula is C25H20N2O2S2. The van der Waals surface area contributed by atoms with Crippen molar-refractivity contribution in [2.45, 2.75) is 11.3 Å². The fourth-order valence-electron chi connectivity index (χ4n) is 4.00. The van der Waals surface area contributed by atoms with E-state index in [0.717, 1.165) is 33.8 Å². The number of hydrogen-bond acceptors (Lipinski definition) is 4. The van der Waals surface area contributed by atoms with Crippen molar-refractivity contribution in [3.63, 3.8) is 0 Å². The number of nitrogens with zero attached hydrogens (tertiary/aromatic N) is 1. The Kier molecular flexibility index (Phi) is 5.04. The zero-order chi connectivity index (χ0) is 21.4. The molecular weight excluding hydrogens is 424 g/mol. The van der Waals surface area contributed by atoms with Crippen LogP contribution in [0.5, 0.6) is 5.75 Å². The second-order valence-electron chi connectivity index (χ2n) is 7.43. The number of para-hydroxylation sites is 1. The van der Waals surface area contributed by atoms with Crippen LogP contribution in [0.2, 0.25) is 0 Å². The summed E-state index contributed by atoms with van der Waals surface area (Å²) in [6, 6.07) is 25.9. The predicted molar refractivity (Wildman–Crippen MR) is 130 cm³/mol. The van der Waals surface area contributed by atoms with E-state index in [1.54, 1.807) is 7.11 Å². The lowest BCUT2D eigenvalue weighted by atomic mass is 9.95. The van der Waals surface area contributed by atoms with Gasteiger partial charge in [-0.1, -0.05) is 84.6 Å². The van der Waals surface area contributed by atoms with E-state index >= 15 is 0 Å². The zero-order valence-electron chi connectivity index (χ0n) is 16.9. The van der Waals surface area contributed by atoms with Crippen LogP contribution in [0.4, 0.5) is 5.69 Å². The molecule has 1 unspecified atom stereocenters. The number of anilines is 1. The lowest BCUT2D eigenvalue weighted by Gasteiger charge is -2.38. The smallest absolute Gasteiger partial charge is 0.249 e. The van der Waals surface area contributed by atoms with E-state index in [-0.39, 0.29) is 5.91 Å². The number of thioether (sulfide) groups is 1. The Balaban J connectivity index is 1.62. The standard InChI is InChI=1S/C25H20N2O2S2/c1-29-19-13-11-17(12-14-19)16-27-22(18-7-3-2-4-8-18)15-25(31-24(27)30)20-9-5-6-10-21(20)26-23(25)28/h2-15H,16H2,1H3,(H,26,28). The van der Waals surface area contributed by atoms with Gasteiger partial charge in [0.05, 0.1) is 7.11 Å². The van der Waals surface area contributed by atoms with Crippen LogP contribution in [0.15, 0.2) is 84.9 Å². The highest BCUT2D eigenvalue weighted by Gasteiger charge is 2.50. The van der Waals surface area contributed by atoms with Crippen LogP contribution < -0.4 is 10.1 Å². The summed E-state index contributed by atoms with van der Waals surface area (Å²) < 4.78 is 5.08. The average molecular weight is 445 g/mol. The molecule has 1 spiro atoms. The SMILES string of the molecule is COc1ccc(CN2C(=S)SC3(C=C2c2ccccc2)C(=O)Nc2ccccc23)cc1. The number of benzene rings is 3. The predicted octanol–water partition coefficient (Wildman–Crippen LogP) is 5.42. The number of methoxy groups -OCH3 is 1. The van der Waals surface area contributed by atoms with Crippen molar-refractivity contribution in [1.82, 2.24) is 4.90 Å². The van der Waals surface area contributed by atoms with Gasteiger partial charge >= 0.3 is 0 Å². The molecule has 3 aromatic rings. The molecule has 0 fully saturated rings. The number of carbonyl (C=O) groups is 1. The maximum Gasteiger partial charge on any atom is 0.249 e. The molecule has 5 rings (SSSR count). The number of fused-ring (bicyclic) bond motifs is 2. The molecule has 0 aromatic heterocycles. The third kappa shape index (κ3) is 3.42. The monoisotopic (exact) mass is 444 g/mol. The highest BCUT2D eigenvalue weighted by Crippen LogP contribution is 2.52. The Bertz CT molecular complexity index is 1190. The highest BCUT2D eigenvalue weighted by atomic mass is 32.2. The van der Waals surface area contributed by atoms with Crippen molar-refractivity contribution in [2.24, 2.45) is 0 Å². The number of nitrogens with one attached hydrogen (secondary N) is 1. The van der Waals surface area contributed by atoms with Gasteiger partial charge in [-0.3, -0.25) is 4.79 Å². The Labute approximate surface area is 190 Å². The quantitative estimate of drug-likeness (QED) is 0.545. The molecule has 31 heavy (non-hydrogen) atoms. The lowest BCUT2D eigenvalue weighted by Crippen LogP contribution is -2.40. The molecule has 1 amide bonds. The zero-order valence-corrected chi connectivity index (χ0v) is 18.5. The van der Waals surface area contributed by atoms with Gasteiger partial charge < -0.3 is 15.0 Å². The number of amides is 1. The maximum absolute atomic E-state index is 13.2. The van der Waals surface area contributed by atoms with E-state index in [4.69, 9.17) is 17.0 Å². The van der Waals surface area contributed by atoms with E-state index in [2.05, 4.69) is 28.4 Å². The second-order valence-corrected chi connectivity index (χ2v) is 9.31. The lowest BCUT2D eigenvalue weighted by molar-refractivity contribution is -0.116. The van der Waals surface area contributed by atoms with Crippen LogP contribution >= 0.6 is 24.0 Å². The van der Waals surface area contributed by atoms with E-state index in [1.165, 1.54) is 11.8 Å². The minimum Gasteiger partial charge on any atom is -0.497 e. The van der Waals surface area contributed by atoms with Gasteiger partial charge in [-0.25, -0.2) is 0 Å². The summed E-state index contributed by atoms with van der Waals surface area (Å²) in [4.78, 5) is 15.3. The third-order valence-corrected chi connectivity index (χ3v) is 7.29. The van der Waals surface area contributed by atoms with Gasteiger partial charge in [0.25, 0.3) is 0 Å². The summed E-state index contributed by atoms with van der Waals surface area (Å²) in [5.41, 5.74) is 4.86. The summed E-state index contributed by atoms with van der Waals surface area (Å²) >= 11 is 7.31. The van der Waals surface area contributed by atoms with E-state index in [1.807, 2.05) is 66.7 Å². The fraction of sp³-hybridized carbons (Fsp3) is 0.120. The van der Waals surface area contributed by atoms with Crippen molar-refractivity contribution >= 4 is 45.6 Å². The van der Waals surface area contributed by atoms with Crippen molar-refractivity contribution in [3.05, 3.63) is 102 Å². The first-order chi connectivity index (χ1) is 15.1. The van der Waals surface area contributed by atoms with Crippen molar-refractivity contribution in [3.8, 4) is 5.75 Å². The third-order valence-electron chi connectivity index (χ3n) is 5.58. The molecule has 1 N–H and O–H groups in total.